The molecule has 0 spiro atoms. The van der Waals surface area contributed by atoms with Gasteiger partial charge in [0.2, 0.25) is 0 Å². The number of nitrogens with zero attached hydrogens (tertiary/aromatic N) is 1. The van der Waals surface area contributed by atoms with Gasteiger partial charge in [0, 0.05) is 0 Å². The van der Waals surface area contributed by atoms with Crippen molar-refractivity contribution in [2.24, 2.45) is 5.84 Å². The number of rotatable bonds is 2. The highest BCUT2D eigenvalue weighted by atomic mass is 16.3. The van der Waals surface area contributed by atoms with Crippen molar-refractivity contribution in [1.29, 1.82) is 0 Å². The topological polar surface area (TPSA) is 49.5 Å². The van der Waals surface area contributed by atoms with Crippen LogP contribution >= 0.6 is 0 Å². The molecule has 3 N–H and O–H groups in total. The predicted octanol–water partition coefficient (Wildman–Crippen LogP) is 2.40. The van der Waals surface area contributed by atoms with E-state index in [0.29, 0.717) is 5.69 Å². The number of nitrogens with two attached hydrogens (primary N) is 1. The molecule has 0 bridgehead atoms. The molecular weight excluding hydrogens is 188 g/mol. The van der Waals surface area contributed by atoms with E-state index >= 15 is 0 Å². The van der Waals surface area contributed by atoms with E-state index in [9.17, 15) is 5.11 Å². The summed E-state index contributed by atoms with van der Waals surface area (Å²) < 4.78 is 0. The van der Waals surface area contributed by atoms with Gasteiger partial charge in [-0.1, -0.05) is 30.3 Å². The molecule has 0 saturated carbocycles. The summed E-state index contributed by atoms with van der Waals surface area (Å²) in [6, 6.07) is 16.4. The van der Waals surface area contributed by atoms with Crippen LogP contribution in [0.4, 0.5) is 11.4 Å². The number of phenolic OH excluding ortho intramolecular Hbond substituents is 1. The van der Waals surface area contributed by atoms with Crippen LogP contribution in [0.3, 0.4) is 0 Å². The van der Waals surface area contributed by atoms with Gasteiger partial charge in [-0.25, -0.2) is 5.84 Å². The Morgan fingerprint density at radius 3 is 2.13 bits per heavy atom. The first-order valence-corrected chi connectivity index (χ1v) is 4.67. The standard InChI is InChI=1S/C12H12N2O/c13-14(10-6-2-1-3-7-10)11-8-4-5-9-12(11)15/h1-9,15H,13H2. The Hall–Kier alpha value is -2.00. The molecule has 0 aromatic heterocycles. The lowest BCUT2D eigenvalue weighted by atomic mass is 10.2. The Morgan fingerprint density at radius 1 is 0.867 bits per heavy atom. The van der Waals surface area contributed by atoms with Gasteiger partial charge in [-0.15, -0.1) is 0 Å². The van der Waals surface area contributed by atoms with E-state index < -0.39 is 0 Å². The Kier molecular flexibility index (Phi) is 2.56. The lowest BCUT2D eigenvalue weighted by molar-refractivity contribution is 0.475. The molecule has 2 aromatic rings. The molecule has 0 saturated heterocycles. The molecule has 76 valence electrons. The Labute approximate surface area is 88.4 Å². The summed E-state index contributed by atoms with van der Waals surface area (Å²) in [6.07, 6.45) is 0. The maximum absolute atomic E-state index is 9.62. The van der Waals surface area contributed by atoms with E-state index in [1.807, 2.05) is 36.4 Å². The highest BCUT2D eigenvalue weighted by Gasteiger charge is 2.07. The van der Waals surface area contributed by atoms with Crippen molar-refractivity contribution in [3.8, 4) is 5.75 Å². The molecular formula is C12H12N2O. The summed E-state index contributed by atoms with van der Waals surface area (Å²) in [6.45, 7) is 0. The van der Waals surface area contributed by atoms with Crippen molar-refractivity contribution < 1.29 is 5.11 Å². The van der Waals surface area contributed by atoms with Crippen LogP contribution in [0.25, 0.3) is 0 Å². The molecule has 0 aliphatic carbocycles. The van der Waals surface area contributed by atoms with Crippen LogP contribution < -0.4 is 10.9 Å². The molecule has 0 radical (unpaired) electrons. The minimum Gasteiger partial charge on any atom is -0.506 e. The van der Waals surface area contributed by atoms with Crippen LogP contribution in [0.15, 0.2) is 54.6 Å². The van der Waals surface area contributed by atoms with Gasteiger partial charge >= 0.3 is 0 Å². The van der Waals surface area contributed by atoms with Crippen LogP contribution in [-0.4, -0.2) is 5.11 Å². The minimum absolute atomic E-state index is 0.170. The van der Waals surface area contributed by atoms with E-state index in [0.717, 1.165) is 5.69 Å². The molecule has 2 aromatic carbocycles. The average molecular weight is 200 g/mol. The molecule has 3 nitrogen and oxygen atoms in total. The van der Waals surface area contributed by atoms with Crippen molar-refractivity contribution in [1.82, 2.24) is 0 Å². The van der Waals surface area contributed by atoms with Crippen LogP contribution in [0.2, 0.25) is 0 Å². The van der Waals surface area contributed by atoms with Crippen molar-refractivity contribution in [2.45, 2.75) is 0 Å². The SMILES string of the molecule is NN(c1ccccc1)c1ccccc1O. The smallest absolute Gasteiger partial charge is 0.140 e. The molecule has 0 fully saturated rings. The highest BCUT2D eigenvalue weighted by Crippen LogP contribution is 2.29. The fourth-order valence-corrected chi connectivity index (χ4v) is 1.40. The third-order valence-corrected chi connectivity index (χ3v) is 2.18. The monoisotopic (exact) mass is 200 g/mol. The van der Waals surface area contributed by atoms with E-state index in [2.05, 4.69) is 0 Å². The summed E-state index contributed by atoms with van der Waals surface area (Å²) in [5.74, 6) is 6.06. The molecule has 0 unspecified atom stereocenters. The lowest BCUT2D eigenvalue weighted by Crippen LogP contribution is -2.24. The molecule has 3 heteroatoms. The molecule has 0 heterocycles. The number of hydrogen-bond acceptors (Lipinski definition) is 3. The second kappa shape index (κ2) is 4.02. The van der Waals surface area contributed by atoms with Gasteiger partial charge in [-0.05, 0) is 24.3 Å². The zero-order chi connectivity index (χ0) is 10.7. The first-order chi connectivity index (χ1) is 7.29. The number of anilines is 2. The maximum Gasteiger partial charge on any atom is 0.140 e. The summed E-state index contributed by atoms with van der Waals surface area (Å²) in [4.78, 5) is 0. The normalized spacial score (nSPS) is 9.93. The first-order valence-electron chi connectivity index (χ1n) is 4.67. The minimum atomic E-state index is 0.170. The largest absolute Gasteiger partial charge is 0.506 e. The van der Waals surface area contributed by atoms with Crippen molar-refractivity contribution >= 4 is 11.4 Å². The molecule has 15 heavy (non-hydrogen) atoms. The Balaban J connectivity index is 2.37. The van der Waals surface area contributed by atoms with E-state index in [1.54, 1.807) is 18.2 Å². The third kappa shape index (κ3) is 1.92. The van der Waals surface area contributed by atoms with Gasteiger partial charge in [-0.3, -0.25) is 5.01 Å². The number of hydrazine groups is 1. The quantitative estimate of drug-likeness (QED) is 0.578. The van der Waals surface area contributed by atoms with E-state index in [-0.39, 0.29) is 5.75 Å². The van der Waals surface area contributed by atoms with Gasteiger partial charge in [0.05, 0.1) is 11.4 Å². The summed E-state index contributed by atoms with van der Waals surface area (Å²) in [5.41, 5.74) is 1.42. The zero-order valence-corrected chi connectivity index (χ0v) is 8.17. The van der Waals surface area contributed by atoms with Crippen molar-refractivity contribution in [2.75, 3.05) is 5.01 Å². The summed E-state index contributed by atoms with van der Waals surface area (Å²) >= 11 is 0. The highest BCUT2D eigenvalue weighted by molar-refractivity contribution is 5.67. The Morgan fingerprint density at radius 2 is 1.47 bits per heavy atom. The van der Waals surface area contributed by atoms with Crippen LogP contribution in [0.1, 0.15) is 0 Å². The van der Waals surface area contributed by atoms with Crippen LogP contribution in [-0.2, 0) is 0 Å². The van der Waals surface area contributed by atoms with Crippen molar-refractivity contribution in [3.63, 3.8) is 0 Å². The number of phenols is 1. The molecule has 0 aliphatic heterocycles. The number of aromatic hydroxyl groups is 1. The third-order valence-electron chi connectivity index (χ3n) is 2.18. The van der Waals surface area contributed by atoms with E-state index in [1.165, 1.54) is 5.01 Å². The molecule has 0 atom stereocenters. The maximum atomic E-state index is 9.62. The first kappa shape index (κ1) is 9.55. The molecule has 0 aliphatic rings. The van der Waals surface area contributed by atoms with Crippen LogP contribution in [0, 0.1) is 0 Å². The summed E-state index contributed by atoms with van der Waals surface area (Å²) in [5, 5.41) is 11.1. The second-order valence-corrected chi connectivity index (χ2v) is 3.19. The number of para-hydroxylation sites is 3. The Bertz CT molecular complexity index is 442. The molecule has 2 rings (SSSR count). The summed E-state index contributed by atoms with van der Waals surface area (Å²) in [7, 11) is 0. The van der Waals surface area contributed by atoms with Gasteiger partial charge in [0.1, 0.15) is 5.75 Å². The van der Waals surface area contributed by atoms with Gasteiger partial charge < -0.3 is 5.11 Å². The van der Waals surface area contributed by atoms with Gasteiger partial charge in [0.25, 0.3) is 0 Å². The second-order valence-electron chi connectivity index (χ2n) is 3.19. The number of benzene rings is 2. The lowest BCUT2D eigenvalue weighted by Gasteiger charge is -2.19. The van der Waals surface area contributed by atoms with Gasteiger partial charge in [0.15, 0.2) is 0 Å². The average Bonchev–Trinajstić information content (AvgIpc) is 2.30. The predicted molar refractivity (Wildman–Crippen MR) is 60.9 cm³/mol. The van der Waals surface area contributed by atoms with Crippen LogP contribution in [0.5, 0.6) is 5.75 Å². The molecule has 0 amide bonds. The zero-order valence-electron chi connectivity index (χ0n) is 8.17. The van der Waals surface area contributed by atoms with E-state index in [4.69, 9.17) is 5.84 Å². The fraction of sp³-hybridized carbons (Fsp3) is 0. The number of hydrogen-bond donors (Lipinski definition) is 2. The fourth-order valence-electron chi connectivity index (χ4n) is 1.40. The van der Waals surface area contributed by atoms with Gasteiger partial charge in [-0.2, -0.15) is 0 Å². The van der Waals surface area contributed by atoms with Crippen molar-refractivity contribution in [3.05, 3.63) is 54.6 Å².